The van der Waals surface area contributed by atoms with Crippen molar-refractivity contribution in [1.29, 1.82) is 0 Å². The van der Waals surface area contributed by atoms with E-state index in [1.807, 2.05) is 0 Å². The number of aliphatic hydroxyl groups excluding tert-OH is 1. The second kappa shape index (κ2) is 8.12. The van der Waals surface area contributed by atoms with Crippen molar-refractivity contribution >= 4 is 5.91 Å². The normalized spacial score (nSPS) is 24.5. The third kappa shape index (κ3) is 5.22. The number of nitrogens with one attached hydrogen (secondary N) is 1. The molecular weight excluding hydrogens is 216 g/mol. The summed E-state index contributed by atoms with van der Waals surface area (Å²) in [4.78, 5) is 11.5. The van der Waals surface area contributed by atoms with E-state index < -0.39 is 0 Å². The number of rotatable bonds is 1. The van der Waals surface area contributed by atoms with Crippen LogP contribution in [0.2, 0.25) is 0 Å². The fourth-order valence-corrected chi connectivity index (χ4v) is 2.28. The van der Waals surface area contributed by atoms with Gasteiger partial charge in [0.1, 0.15) is 5.76 Å². The Morgan fingerprint density at radius 3 is 1.94 bits per heavy atom. The zero-order valence-corrected chi connectivity index (χ0v) is 10.5. The smallest absolute Gasteiger partial charge is 0.264 e. The summed E-state index contributed by atoms with van der Waals surface area (Å²) in [5.41, 5.74) is 2.60. The van der Waals surface area contributed by atoms with Crippen LogP contribution < -0.4 is 11.3 Å². The molecule has 4 heteroatoms. The highest BCUT2D eigenvalue weighted by Crippen LogP contribution is 2.20. The Hall–Kier alpha value is -1.03. The standard InChI is InChI=1S/C13H24N2O2/c14-15-13(17)11-9-7-5-3-1-2-4-6-8-10-12(11)16/h16H,1-10,14H2,(H,15,17)/b12-11-. The van der Waals surface area contributed by atoms with Gasteiger partial charge in [0.05, 0.1) is 5.57 Å². The Balaban J connectivity index is 2.63. The lowest BCUT2D eigenvalue weighted by molar-refractivity contribution is -0.117. The van der Waals surface area contributed by atoms with Crippen LogP contribution in [0.25, 0.3) is 0 Å². The minimum atomic E-state index is -0.334. The molecular formula is C13H24N2O2. The monoisotopic (exact) mass is 240 g/mol. The summed E-state index contributed by atoms with van der Waals surface area (Å²) in [6.07, 6.45) is 10.4. The Labute approximate surface area is 103 Å². The van der Waals surface area contributed by atoms with Crippen LogP contribution >= 0.6 is 0 Å². The number of amides is 1. The predicted molar refractivity (Wildman–Crippen MR) is 68.2 cm³/mol. The number of hydrogen-bond acceptors (Lipinski definition) is 3. The Morgan fingerprint density at radius 1 is 0.941 bits per heavy atom. The molecule has 4 N–H and O–H groups in total. The second-order valence-electron chi connectivity index (χ2n) is 4.73. The molecule has 0 atom stereocenters. The molecule has 0 unspecified atom stereocenters. The molecule has 0 saturated heterocycles. The van der Waals surface area contributed by atoms with Gasteiger partial charge in [-0.25, -0.2) is 5.84 Å². The molecule has 0 heterocycles. The predicted octanol–water partition coefficient (Wildman–Crippen LogP) is 2.70. The first-order valence-electron chi connectivity index (χ1n) is 6.67. The summed E-state index contributed by atoms with van der Waals surface area (Å²) >= 11 is 0. The summed E-state index contributed by atoms with van der Waals surface area (Å²) in [6, 6.07) is 0. The summed E-state index contributed by atoms with van der Waals surface area (Å²) < 4.78 is 0. The lowest BCUT2D eigenvalue weighted by atomic mass is 9.99. The van der Waals surface area contributed by atoms with Crippen molar-refractivity contribution in [1.82, 2.24) is 5.43 Å². The molecule has 0 saturated carbocycles. The van der Waals surface area contributed by atoms with E-state index >= 15 is 0 Å². The summed E-state index contributed by atoms with van der Waals surface area (Å²) in [5, 5.41) is 9.92. The van der Waals surface area contributed by atoms with Gasteiger partial charge < -0.3 is 5.11 Å². The van der Waals surface area contributed by atoms with Gasteiger partial charge in [-0.3, -0.25) is 10.2 Å². The molecule has 0 spiro atoms. The third-order valence-corrected chi connectivity index (χ3v) is 3.34. The Kier molecular flexibility index (Phi) is 6.70. The third-order valence-electron chi connectivity index (χ3n) is 3.34. The van der Waals surface area contributed by atoms with Crippen LogP contribution in [-0.2, 0) is 4.79 Å². The minimum Gasteiger partial charge on any atom is -0.512 e. The number of carbonyl (C=O) groups is 1. The van der Waals surface area contributed by atoms with Crippen LogP contribution in [0, 0.1) is 0 Å². The van der Waals surface area contributed by atoms with Crippen molar-refractivity contribution in [2.75, 3.05) is 0 Å². The molecule has 0 radical (unpaired) electrons. The van der Waals surface area contributed by atoms with Gasteiger partial charge >= 0.3 is 0 Å². The molecule has 0 fully saturated rings. The number of nitrogens with two attached hydrogens (primary N) is 1. The van der Waals surface area contributed by atoms with E-state index in [4.69, 9.17) is 5.84 Å². The first-order chi connectivity index (χ1) is 8.25. The SMILES string of the molecule is NNC(=O)/C1=C(\O)CCCCCCCCCC1. The number of aliphatic hydroxyl groups is 1. The maximum absolute atomic E-state index is 11.5. The largest absolute Gasteiger partial charge is 0.512 e. The minimum absolute atomic E-state index is 0.230. The first-order valence-corrected chi connectivity index (χ1v) is 6.67. The average molecular weight is 240 g/mol. The zero-order chi connectivity index (χ0) is 12.5. The lowest BCUT2D eigenvalue weighted by Crippen LogP contribution is -2.32. The number of hydrazine groups is 1. The molecule has 0 aliphatic heterocycles. The van der Waals surface area contributed by atoms with E-state index in [-0.39, 0.29) is 11.7 Å². The molecule has 0 aromatic rings. The highest BCUT2D eigenvalue weighted by atomic mass is 16.3. The Morgan fingerprint density at radius 2 is 1.41 bits per heavy atom. The van der Waals surface area contributed by atoms with Crippen molar-refractivity contribution < 1.29 is 9.90 Å². The van der Waals surface area contributed by atoms with Gasteiger partial charge in [0.25, 0.3) is 5.91 Å². The second-order valence-corrected chi connectivity index (χ2v) is 4.73. The molecule has 1 amide bonds. The van der Waals surface area contributed by atoms with Gasteiger partial charge in [0, 0.05) is 6.42 Å². The van der Waals surface area contributed by atoms with Crippen molar-refractivity contribution in [2.45, 2.75) is 64.2 Å². The van der Waals surface area contributed by atoms with E-state index in [1.54, 1.807) is 0 Å². The molecule has 1 rings (SSSR count). The Bertz CT molecular complexity index is 275. The van der Waals surface area contributed by atoms with Gasteiger partial charge in [-0.1, -0.05) is 38.5 Å². The van der Waals surface area contributed by atoms with E-state index in [2.05, 4.69) is 5.43 Å². The zero-order valence-electron chi connectivity index (χ0n) is 10.5. The number of hydrogen-bond donors (Lipinski definition) is 3. The molecule has 0 bridgehead atoms. The maximum atomic E-state index is 11.5. The van der Waals surface area contributed by atoms with Gasteiger partial charge in [-0.2, -0.15) is 0 Å². The van der Waals surface area contributed by atoms with Crippen molar-refractivity contribution in [3.8, 4) is 0 Å². The van der Waals surface area contributed by atoms with Gasteiger partial charge in [-0.05, 0) is 19.3 Å². The van der Waals surface area contributed by atoms with Gasteiger partial charge in [0.2, 0.25) is 0 Å². The maximum Gasteiger partial charge on any atom is 0.264 e. The highest BCUT2D eigenvalue weighted by Gasteiger charge is 2.14. The molecule has 98 valence electrons. The average Bonchev–Trinajstić information content (AvgIpc) is 2.33. The summed E-state index contributed by atoms with van der Waals surface area (Å²) in [5.74, 6) is 5.03. The number of allylic oxidation sites excluding steroid dienone is 1. The van der Waals surface area contributed by atoms with E-state index in [1.165, 1.54) is 25.7 Å². The van der Waals surface area contributed by atoms with Crippen LogP contribution in [0.1, 0.15) is 64.2 Å². The van der Waals surface area contributed by atoms with Crippen molar-refractivity contribution in [2.24, 2.45) is 5.84 Å². The lowest BCUT2D eigenvalue weighted by Gasteiger charge is -2.11. The molecule has 0 aromatic heterocycles. The molecule has 1 aliphatic rings. The van der Waals surface area contributed by atoms with Gasteiger partial charge in [0.15, 0.2) is 0 Å². The van der Waals surface area contributed by atoms with Crippen molar-refractivity contribution in [3.63, 3.8) is 0 Å². The first kappa shape index (κ1) is 14.0. The van der Waals surface area contributed by atoms with Crippen molar-refractivity contribution in [3.05, 3.63) is 11.3 Å². The summed E-state index contributed by atoms with van der Waals surface area (Å²) in [7, 11) is 0. The molecule has 1 aliphatic carbocycles. The van der Waals surface area contributed by atoms with Gasteiger partial charge in [-0.15, -0.1) is 0 Å². The topological polar surface area (TPSA) is 75.3 Å². The van der Waals surface area contributed by atoms with Crippen LogP contribution in [-0.4, -0.2) is 11.0 Å². The summed E-state index contributed by atoms with van der Waals surface area (Å²) in [6.45, 7) is 0. The number of carbonyl (C=O) groups excluding carboxylic acids is 1. The van der Waals surface area contributed by atoms with E-state index in [0.717, 1.165) is 25.7 Å². The van der Waals surface area contributed by atoms with Crippen LogP contribution in [0.3, 0.4) is 0 Å². The van der Waals surface area contributed by atoms with E-state index in [0.29, 0.717) is 18.4 Å². The molecule has 17 heavy (non-hydrogen) atoms. The fraction of sp³-hybridized carbons (Fsp3) is 0.769. The van der Waals surface area contributed by atoms with Crippen LogP contribution in [0.5, 0.6) is 0 Å². The fourth-order valence-electron chi connectivity index (χ4n) is 2.28. The molecule has 4 nitrogen and oxygen atoms in total. The quantitative estimate of drug-likeness (QED) is 0.375. The van der Waals surface area contributed by atoms with Crippen LogP contribution in [0.4, 0.5) is 0 Å². The molecule has 0 aromatic carbocycles. The van der Waals surface area contributed by atoms with E-state index in [9.17, 15) is 9.90 Å². The van der Waals surface area contributed by atoms with Crippen LogP contribution in [0.15, 0.2) is 11.3 Å². The highest BCUT2D eigenvalue weighted by molar-refractivity contribution is 5.93.